The molecule has 17 heavy (non-hydrogen) atoms. The third-order valence-corrected chi connectivity index (χ3v) is 4.77. The van der Waals surface area contributed by atoms with Gasteiger partial charge in [0.25, 0.3) is 0 Å². The van der Waals surface area contributed by atoms with Gasteiger partial charge in [-0.2, -0.15) is 0 Å². The van der Waals surface area contributed by atoms with Crippen LogP contribution in [0.1, 0.15) is 36.0 Å². The highest BCUT2D eigenvalue weighted by Crippen LogP contribution is 2.58. The van der Waals surface area contributed by atoms with E-state index in [1.165, 1.54) is 36.0 Å². The van der Waals surface area contributed by atoms with Gasteiger partial charge in [0.1, 0.15) is 5.78 Å². The molecule has 0 heterocycles. The van der Waals surface area contributed by atoms with Crippen LogP contribution in [0, 0.1) is 31.6 Å². The van der Waals surface area contributed by atoms with Crippen molar-refractivity contribution in [2.45, 2.75) is 39.5 Å². The Morgan fingerprint density at radius 2 is 1.76 bits per heavy atom. The summed E-state index contributed by atoms with van der Waals surface area (Å²) in [5.41, 5.74) is 3.80. The molecule has 3 rings (SSSR count). The van der Waals surface area contributed by atoms with E-state index in [4.69, 9.17) is 0 Å². The molecule has 0 amide bonds. The maximum absolute atomic E-state index is 12.3. The summed E-state index contributed by atoms with van der Waals surface area (Å²) in [6, 6.07) is 6.30. The van der Waals surface area contributed by atoms with Crippen LogP contribution in [0.3, 0.4) is 0 Å². The van der Waals surface area contributed by atoms with E-state index < -0.39 is 0 Å². The Hall–Kier alpha value is -1.11. The van der Waals surface area contributed by atoms with Gasteiger partial charge >= 0.3 is 0 Å². The number of fused-ring (bicyclic) bond motifs is 1. The van der Waals surface area contributed by atoms with E-state index in [1.54, 1.807) is 0 Å². The molecule has 0 saturated heterocycles. The standard InChI is InChI=1S/C16H20O/c1-10-5-3-6-11(2)14(10)9-15(17)16-12-7-4-8-13(12)16/h3,5-6,12-13,16H,4,7-9H2,1-2H3. The lowest BCUT2D eigenvalue weighted by molar-refractivity contribution is -0.120. The van der Waals surface area contributed by atoms with Crippen LogP contribution >= 0.6 is 0 Å². The fourth-order valence-corrected chi connectivity index (χ4v) is 3.72. The average molecular weight is 228 g/mol. The Morgan fingerprint density at radius 3 is 2.35 bits per heavy atom. The van der Waals surface area contributed by atoms with Crippen LogP contribution in [-0.2, 0) is 11.2 Å². The first kappa shape index (κ1) is 11.0. The summed E-state index contributed by atoms with van der Waals surface area (Å²) in [4.78, 5) is 12.3. The number of carbonyl (C=O) groups is 1. The molecular weight excluding hydrogens is 208 g/mol. The summed E-state index contributed by atoms with van der Waals surface area (Å²) in [7, 11) is 0. The van der Waals surface area contributed by atoms with Gasteiger partial charge in [-0.1, -0.05) is 24.6 Å². The number of benzene rings is 1. The van der Waals surface area contributed by atoms with Crippen molar-refractivity contribution in [3.63, 3.8) is 0 Å². The fraction of sp³-hybridized carbons (Fsp3) is 0.562. The lowest BCUT2D eigenvalue weighted by Gasteiger charge is -2.09. The molecule has 0 aromatic heterocycles. The van der Waals surface area contributed by atoms with Gasteiger partial charge < -0.3 is 0 Å². The third-order valence-electron chi connectivity index (χ3n) is 4.77. The van der Waals surface area contributed by atoms with Crippen molar-refractivity contribution in [2.24, 2.45) is 17.8 Å². The van der Waals surface area contributed by atoms with Crippen LogP contribution in [0.2, 0.25) is 0 Å². The van der Waals surface area contributed by atoms with Crippen molar-refractivity contribution in [3.05, 3.63) is 34.9 Å². The van der Waals surface area contributed by atoms with Crippen molar-refractivity contribution in [3.8, 4) is 0 Å². The molecule has 0 aliphatic heterocycles. The van der Waals surface area contributed by atoms with Gasteiger partial charge in [-0.05, 0) is 55.2 Å². The summed E-state index contributed by atoms with van der Waals surface area (Å²) in [6.07, 6.45) is 4.61. The third kappa shape index (κ3) is 1.82. The summed E-state index contributed by atoms with van der Waals surface area (Å²) in [6.45, 7) is 4.23. The van der Waals surface area contributed by atoms with Crippen LogP contribution < -0.4 is 0 Å². The van der Waals surface area contributed by atoms with Crippen molar-refractivity contribution in [1.29, 1.82) is 0 Å². The number of ketones is 1. The Bertz CT molecular complexity index is 430. The smallest absolute Gasteiger partial charge is 0.140 e. The first-order chi connectivity index (χ1) is 8.18. The number of rotatable bonds is 3. The Balaban J connectivity index is 1.73. The molecule has 1 aromatic carbocycles. The molecule has 1 heteroatoms. The van der Waals surface area contributed by atoms with Crippen LogP contribution in [0.15, 0.2) is 18.2 Å². The first-order valence-electron chi connectivity index (χ1n) is 6.76. The van der Waals surface area contributed by atoms with Gasteiger partial charge in [-0.15, -0.1) is 0 Å². The molecule has 1 nitrogen and oxygen atoms in total. The number of hydrogen-bond donors (Lipinski definition) is 0. The van der Waals surface area contributed by atoms with E-state index in [-0.39, 0.29) is 0 Å². The molecule has 2 unspecified atom stereocenters. The zero-order valence-corrected chi connectivity index (χ0v) is 10.7. The largest absolute Gasteiger partial charge is 0.299 e. The Labute approximate surface area is 103 Å². The van der Waals surface area contributed by atoms with Gasteiger partial charge in [-0.25, -0.2) is 0 Å². The van der Waals surface area contributed by atoms with Crippen molar-refractivity contribution in [1.82, 2.24) is 0 Å². The number of aryl methyl sites for hydroxylation is 2. The molecule has 2 fully saturated rings. The molecule has 0 radical (unpaired) electrons. The minimum atomic E-state index is 0.419. The van der Waals surface area contributed by atoms with Crippen LogP contribution in [0.5, 0.6) is 0 Å². The quantitative estimate of drug-likeness (QED) is 0.774. The monoisotopic (exact) mass is 228 g/mol. The molecule has 2 aliphatic carbocycles. The minimum absolute atomic E-state index is 0.419. The molecule has 0 spiro atoms. The normalized spacial score (nSPS) is 30.1. The van der Waals surface area contributed by atoms with E-state index >= 15 is 0 Å². The van der Waals surface area contributed by atoms with Crippen LogP contribution in [-0.4, -0.2) is 5.78 Å². The van der Waals surface area contributed by atoms with E-state index in [9.17, 15) is 4.79 Å². The fourth-order valence-electron chi connectivity index (χ4n) is 3.72. The van der Waals surface area contributed by atoms with Crippen molar-refractivity contribution in [2.75, 3.05) is 0 Å². The molecule has 0 N–H and O–H groups in total. The van der Waals surface area contributed by atoms with E-state index in [0.717, 1.165) is 11.8 Å². The highest BCUT2D eigenvalue weighted by Gasteiger charge is 2.55. The second-order valence-electron chi connectivity index (χ2n) is 5.80. The van der Waals surface area contributed by atoms with Gasteiger partial charge in [0.05, 0.1) is 0 Å². The summed E-state index contributed by atoms with van der Waals surface area (Å²) < 4.78 is 0. The number of carbonyl (C=O) groups excluding carboxylic acids is 1. The molecule has 1 aromatic rings. The maximum atomic E-state index is 12.3. The topological polar surface area (TPSA) is 17.1 Å². The summed E-state index contributed by atoms with van der Waals surface area (Å²) in [5, 5.41) is 0. The Kier molecular flexibility index (Phi) is 2.57. The van der Waals surface area contributed by atoms with Crippen LogP contribution in [0.4, 0.5) is 0 Å². The zero-order chi connectivity index (χ0) is 12.0. The maximum Gasteiger partial charge on any atom is 0.140 e. The molecule has 2 atom stereocenters. The van der Waals surface area contributed by atoms with Gasteiger partial charge in [-0.3, -0.25) is 4.79 Å². The van der Waals surface area contributed by atoms with E-state index in [1.807, 2.05) is 0 Å². The molecule has 2 saturated carbocycles. The van der Waals surface area contributed by atoms with Gasteiger partial charge in [0, 0.05) is 12.3 Å². The number of Topliss-reactive ketones (excluding diaryl/α,β-unsaturated/α-hetero) is 1. The lowest BCUT2D eigenvalue weighted by atomic mass is 9.95. The van der Waals surface area contributed by atoms with Crippen LogP contribution in [0.25, 0.3) is 0 Å². The van der Waals surface area contributed by atoms with Crippen molar-refractivity contribution < 1.29 is 4.79 Å². The first-order valence-corrected chi connectivity index (χ1v) is 6.76. The minimum Gasteiger partial charge on any atom is -0.299 e. The van der Waals surface area contributed by atoms with Gasteiger partial charge in [0.2, 0.25) is 0 Å². The second kappa shape index (κ2) is 3.97. The van der Waals surface area contributed by atoms with Crippen molar-refractivity contribution >= 4 is 5.78 Å². The van der Waals surface area contributed by atoms with E-state index in [0.29, 0.717) is 18.1 Å². The average Bonchev–Trinajstić information content (AvgIpc) is 2.78. The SMILES string of the molecule is Cc1cccc(C)c1CC(=O)C1C2CCCC21. The van der Waals surface area contributed by atoms with E-state index in [2.05, 4.69) is 32.0 Å². The zero-order valence-electron chi connectivity index (χ0n) is 10.7. The van der Waals surface area contributed by atoms with Gasteiger partial charge in [0.15, 0.2) is 0 Å². The lowest BCUT2D eigenvalue weighted by Crippen LogP contribution is -2.11. The predicted molar refractivity (Wildman–Crippen MR) is 68.9 cm³/mol. The highest BCUT2D eigenvalue weighted by atomic mass is 16.1. The molecule has 2 aliphatic rings. The molecule has 90 valence electrons. The summed E-state index contributed by atoms with van der Waals surface area (Å²) >= 11 is 0. The number of hydrogen-bond acceptors (Lipinski definition) is 1. The summed E-state index contributed by atoms with van der Waals surface area (Å²) in [5.74, 6) is 2.43. The second-order valence-corrected chi connectivity index (χ2v) is 5.80. The highest BCUT2D eigenvalue weighted by molar-refractivity contribution is 5.87. The molecular formula is C16H20O. The molecule has 0 bridgehead atoms. The predicted octanol–water partition coefficient (Wildman–Crippen LogP) is 3.46. The Morgan fingerprint density at radius 1 is 1.18 bits per heavy atom.